The molecule has 8 nitrogen and oxygen atoms in total. The second-order valence-corrected chi connectivity index (χ2v) is 15.1. The molecule has 0 unspecified atom stereocenters. The summed E-state index contributed by atoms with van der Waals surface area (Å²) >= 11 is 0. The number of aromatic nitrogens is 1. The van der Waals surface area contributed by atoms with Crippen LogP contribution in [0.1, 0.15) is 73.8 Å². The maximum absolute atomic E-state index is 13.4. The molecule has 1 saturated carbocycles. The molecule has 45 heavy (non-hydrogen) atoms. The Hall–Kier alpha value is -4.24. The van der Waals surface area contributed by atoms with Gasteiger partial charge in [-0.3, -0.25) is 4.79 Å². The van der Waals surface area contributed by atoms with E-state index in [1.54, 1.807) is 36.4 Å². The maximum atomic E-state index is 13.4. The van der Waals surface area contributed by atoms with Crippen LogP contribution in [-0.2, 0) is 32.2 Å². The lowest BCUT2D eigenvalue weighted by atomic mass is 9.87. The molecule has 5 rings (SSSR count). The molecule has 0 saturated heterocycles. The zero-order valence-corrected chi connectivity index (χ0v) is 26.8. The summed E-state index contributed by atoms with van der Waals surface area (Å²) in [4.78, 5) is 30.2. The van der Waals surface area contributed by atoms with E-state index in [4.69, 9.17) is 9.72 Å². The van der Waals surface area contributed by atoms with E-state index < -0.39 is 33.5 Å². The van der Waals surface area contributed by atoms with Crippen molar-refractivity contribution in [2.24, 2.45) is 5.92 Å². The summed E-state index contributed by atoms with van der Waals surface area (Å²) in [5.74, 6) is -1.42. The highest BCUT2D eigenvalue weighted by Crippen LogP contribution is 2.33. The lowest BCUT2D eigenvalue weighted by molar-refractivity contribution is -0.138. The van der Waals surface area contributed by atoms with Crippen LogP contribution >= 0.6 is 0 Å². The number of ether oxygens (including phenoxy) is 1. The normalized spacial score (nSPS) is 14.7. The van der Waals surface area contributed by atoms with Crippen LogP contribution in [0.5, 0.6) is 11.5 Å². The SMILES string of the molecule is CC(C)(C)c1ccc(Oc2ccc3cc(C(=O)N[C@@H](CS(=O)(=O)Cc4ccccc4)C(=O)O)nc(CC4CCCC4)c3c2)cc1. The van der Waals surface area contributed by atoms with Gasteiger partial charge in [-0.2, -0.15) is 0 Å². The van der Waals surface area contributed by atoms with Gasteiger partial charge in [-0.1, -0.05) is 95.0 Å². The van der Waals surface area contributed by atoms with Gasteiger partial charge in [0.1, 0.15) is 23.2 Å². The summed E-state index contributed by atoms with van der Waals surface area (Å²) in [6.45, 7) is 6.49. The third kappa shape index (κ3) is 8.48. The minimum Gasteiger partial charge on any atom is -0.480 e. The first-order valence-electron chi connectivity index (χ1n) is 15.4. The molecule has 1 heterocycles. The molecule has 1 atom stereocenters. The van der Waals surface area contributed by atoms with E-state index in [1.807, 2.05) is 30.3 Å². The number of sulfone groups is 1. The predicted molar refractivity (Wildman–Crippen MR) is 175 cm³/mol. The zero-order valence-electron chi connectivity index (χ0n) is 26.0. The van der Waals surface area contributed by atoms with Crippen LogP contribution in [0.15, 0.2) is 78.9 Å². The third-order valence-electron chi connectivity index (χ3n) is 8.28. The molecule has 3 aromatic carbocycles. The number of hydrogen-bond donors (Lipinski definition) is 2. The monoisotopic (exact) mass is 628 g/mol. The molecule has 236 valence electrons. The first-order valence-corrected chi connectivity index (χ1v) is 17.2. The molecule has 1 aliphatic rings. The number of nitrogens with zero attached hydrogens (tertiary/aromatic N) is 1. The Morgan fingerprint density at radius 3 is 2.27 bits per heavy atom. The van der Waals surface area contributed by atoms with Crippen LogP contribution in [0.3, 0.4) is 0 Å². The van der Waals surface area contributed by atoms with Crippen LogP contribution < -0.4 is 10.1 Å². The van der Waals surface area contributed by atoms with E-state index in [9.17, 15) is 23.1 Å². The lowest BCUT2D eigenvalue weighted by Gasteiger charge is -2.19. The average molecular weight is 629 g/mol. The molecule has 4 aromatic rings. The van der Waals surface area contributed by atoms with Crippen LogP contribution in [0.4, 0.5) is 0 Å². The van der Waals surface area contributed by atoms with Crippen molar-refractivity contribution in [3.63, 3.8) is 0 Å². The lowest BCUT2D eigenvalue weighted by Crippen LogP contribution is -2.45. The van der Waals surface area contributed by atoms with E-state index in [0.29, 0.717) is 29.4 Å². The van der Waals surface area contributed by atoms with Crippen molar-refractivity contribution in [2.45, 2.75) is 70.1 Å². The molecule has 0 spiro atoms. The van der Waals surface area contributed by atoms with Crippen molar-refractivity contribution in [3.8, 4) is 11.5 Å². The Labute approximate surface area is 264 Å². The Morgan fingerprint density at radius 1 is 0.956 bits per heavy atom. The van der Waals surface area contributed by atoms with Crippen molar-refractivity contribution >= 4 is 32.5 Å². The number of benzene rings is 3. The molecule has 1 aliphatic carbocycles. The van der Waals surface area contributed by atoms with E-state index in [2.05, 4.69) is 38.2 Å². The minimum atomic E-state index is -3.84. The molecule has 9 heteroatoms. The molecule has 1 aromatic heterocycles. The number of amides is 1. The summed E-state index contributed by atoms with van der Waals surface area (Å²) in [5, 5.41) is 13.9. The smallest absolute Gasteiger partial charge is 0.327 e. The Bertz CT molecular complexity index is 1770. The Kier molecular flexibility index (Phi) is 9.58. The topological polar surface area (TPSA) is 123 Å². The maximum Gasteiger partial charge on any atom is 0.327 e. The van der Waals surface area contributed by atoms with Crippen LogP contribution in [0.2, 0.25) is 0 Å². The van der Waals surface area contributed by atoms with Crippen molar-refractivity contribution in [1.29, 1.82) is 0 Å². The van der Waals surface area contributed by atoms with E-state index >= 15 is 0 Å². The van der Waals surface area contributed by atoms with Gasteiger partial charge in [0.2, 0.25) is 0 Å². The number of hydrogen-bond acceptors (Lipinski definition) is 6. The molecule has 0 aliphatic heterocycles. The van der Waals surface area contributed by atoms with E-state index in [0.717, 1.165) is 42.1 Å². The zero-order chi connectivity index (χ0) is 32.2. The van der Waals surface area contributed by atoms with Gasteiger partial charge in [-0.05, 0) is 64.6 Å². The fraction of sp³-hybridized carbons (Fsp3) is 0.361. The molecule has 0 bridgehead atoms. The number of carbonyl (C=O) groups excluding carboxylic acids is 1. The Balaban J connectivity index is 1.39. The van der Waals surface area contributed by atoms with Gasteiger partial charge in [-0.15, -0.1) is 0 Å². The first kappa shape index (κ1) is 32.2. The van der Waals surface area contributed by atoms with Gasteiger partial charge >= 0.3 is 5.97 Å². The molecule has 0 radical (unpaired) electrons. The fourth-order valence-electron chi connectivity index (χ4n) is 5.83. The highest BCUT2D eigenvalue weighted by Gasteiger charge is 2.29. The van der Waals surface area contributed by atoms with Crippen molar-refractivity contribution < 1.29 is 27.9 Å². The highest BCUT2D eigenvalue weighted by molar-refractivity contribution is 7.90. The number of aliphatic carboxylic acids is 1. The highest BCUT2D eigenvalue weighted by atomic mass is 32.2. The summed E-state index contributed by atoms with van der Waals surface area (Å²) in [5.41, 5.74) is 2.58. The number of fused-ring (bicyclic) bond motifs is 1. The summed E-state index contributed by atoms with van der Waals surface area (Å²) in [7, 11) is -3.84. The van der Waals surface area contributed by atoms with Crippen LogP contribution in [-0.4, -0.2) is 42.2 Å². The quantitative estimate of drug-likeness (QED) is 0.186. The molecular weight excluding hydrogens is 588 g/mol. The van der Waals surface area contributed by atoms with Gasteiger partial charge in [0.25, 0.3) is 5.91 Å². The molecule has 1 fully saturated rings. The average Bonchev–Trinajstić information content (AvgIpc) is 3.50. The van der Waals surface area contributed by atoms with Crippen molar-refractivity contribution in [1.82, 2.24) is 10.3 Å². The number of nitrogens with one attached hydrogen (secondary N) is 1. The van der Waals surface area contributed by atoms with Crippen LogP contribution in [0, 0.1) is 5.92 Å². The van der Waals surface area contributed by atoms with Gasteiger partial charge in [0.05, 0.1) is 11.5 Å². The molecule has 2 N–H and O–H groups in total. The molecular formula is C36H40N2O6S. The number of pyridine rings is 1. The Morgan fingerprint density at radius 2 is 1.62 bits per heavy atom. The van der Waals surface area contributed by atoms with Gasteiger partial charge in [0.15, 0.2) is 9.84 Å². The van der Waals surface area contributed by atoms with Gasteiger partial charge < -0.3 is 15.2 Å². The standard InChI is InChI=1S/C36H40N2O6S/c1-36(2,3)27-14-17-28(18-15-27)44-29-16-13-26-20-32(37-31(30(26)21-29)19-24-9-7-8-10-24)34(39)38-33(35(40)41)23-45(42,43)22-25-11-5-4-6-12-25/h4-6,11-18,20-21,24,33H,7-10,19,22-23H2,1-3H3,(H,38,39)(H,40,41)/t33-/m0/s1. The second-order valence-electron chi connectivity index (χ2n) is 13.0. The fourth-order valence-corrected chi connectivity index (χ4v) is 7.38. The predicted octanol–water partition coefficient (Wildman–Crippen LogP) is 6.86. The van der Waals surface area contributed by atoms with Crippen molar-refractivity contribution in [3.05, 3.63) is 101 Å². The summed E-state index contributed by atoms with van der Waals surface area (Å²) in [6, 6.07) is 22.2. The number of carboxylic acids is 1. The minimum absolute atomic E-state index is 0.0349. The van der Waals surface area contributed by atoms with E-state index in [-0.39, 0.29) is 16.9 Å². The number of carbonyl (C=O) groups is 2. The molecule has 1 amide bonds. The summed E-state index contributed by atoms with van der Waals surface area (Å²) in [6.07, 6.45) is 5.14. The van der Waals surface area contributed by atoms with Gasteiger partial charge in [-0.25, -0.2) is 18.2 Å². The van der Waals surface area contributed by atoms with Crippen LogP contribution in [0.25, 0.3) is 10.8 Å². The third-order valence-corrected chi connectivity index (χ3v) is 9.90. The number of rotatable bonds is 11. The van der Waals surface area contributed by atoms with E-state index in [1.165, 1.54) is 5.56 Å². The largest absolute Gasteiger partial charge is 0.480 e. The van der Waals surface area contributed by atoms with Gasteiger partial charge in [0, 0.05) is 11.1 Å². The first-order chi connectivity index (χ1) is 21.4. The summed E-state index contributed by atoms with van der Waals surface area (Å²) < 4.78 is 31.9. The number of carboxylic acid groups (broad SMARTS) is 1. The second kappa shape index (κ2) is 13.4. The van der Waals surface area contributed by atoms with Crippen molar-refractivity contribution in [2.75, 3.05) is 5.75 Å².